The quantitative estimate of drug-likeness (QED) is 0.0477. The number of aromatic hydroxyl groups is 4. The van der Waals surface area contributed by atoms with Crippen LogP contribution in [0.5, 0.6) is 57.5 Å². The molecule has 4 N–H and O–H groups in total. The van der Waals surface area contributed by atoms with Gasteiger partial charge in [-0.15, -0.1) is 0 Å². The van der Waals surface area contributed by atoms with Crippen molar-refractivity contribution < 1.29 is 53.6 Å². The van der Waals surface area contributed by atoms with Gasteiger partial charge < -0.3 is 48.8 Å². The van der Waals surface area contributed by atoms with E-state index in [1.165, 1.54) is 73.8 Å². The van der Waals surface area contributed by atoms with E-state index in [-0.39, 0.29) is 90.5 Å². The Kier molecular flexibility index (Phi) is 13.2. The molecule has 0 radical (unpaired) electrons. The summed E-state index contributed by atoms with van der Waals surface area (Å²) >= 11 is 0. The number of carbonyl (C=O) groups is 1. The second-order valence-corrected chi connectivity index (χ2v) is 25.0. The highest BCUT2D eigenvalue weighted by Gasteiger charge is 2.41. The second-order valence-electron chi connectivity index (χ2n) is 25.0. The molecule has 0 amide bonds. The summed E-state index contributed by atoms with van der Waals surface area (Å²) in [5.74, 6) is -0.0551. The molecule has 0 aromatic heterocycles. The third kappa shape index (κ3) is 7.61. The van der Waals surface area contributed by atoms with Gasteiger partial charge in [-0.25, -0.2) is 0 Å². The third-order valence-electron chi connectivity index (χ3n) is 20.4. The van der Waals surface area contributed by atoms with E-state index in [9.17, 15) is 44.4 Å². The molecule has 5 aliphatic rings. The maximum Gasteiger partial charge on any atom is 0.194 e. The van der Waals surface area contributed by atoms with E-state index < -0.39 is 28.1 Å². The molecule has 0 heterocycles. The largest absolute Gasteiger partial charge is 0.507 e. The fourth-order valence-corrected chi connectivity index (χ4v) is 15.9. The molecule has 0 spiro atoms. The number of nitrogens with zero attached hydrogens (tertiary/aromatic N) is 1. The highest BCUT2D eigenvalue weighted by Crippen LogP contribution is 2.61. The number of methoxy groups -OCH3 is 6. The molecule has 2 atom stereocenters. The minimum absolute atomic E-state index is 0.0108. The number of rotatable bonds is 13. The van der Waals surface area contributed by atoms with Crippen LogP contribution in [0, 0.1) is 11.8 Å². The van der Waals surface area contributed by atoms with Crippen LogP contribution in [0.15, 0.2) is 59.6 Å². The second kappa shape index (κ2) is 20.5. The fraction of sp³-hybridized carbons (Fsp3) is 0.361. The van der Waals surface area contributed by atoms with Gasteiger partial charge in [0, 0.05) is 107 Å². The molecule has 88 heavy (non-hydrogen) atoms. The number of benzene rings is 10. The lowest BCUT2D eigenvalue weighted by Gasteiger charge is -2.29. The smallest absolute Gasteiger partial charge is 0.194 e. The van der Waals surface area contributed by atoms with Gasteiger partial charge in [0.25, 0.3) is 0 Å². The van der Waals surface area contributed by atoms with Crippen LogP contribution in [0.1, 0.15) is 131 Å². The van der Waals surface area contributed by atoms with E-state index in [2.05, 4.69) is 6.08 Å². The molecule has 5 aliphatic carbocycles. The van der Waals surface area contributed by atoms with E-state index in [0.29, 0.717) is 118 Å². The first kappa shape index (κ1) is 56.6. The number of Topliss-reactive ketones (excluding diaryl/α,β-unsaturated/α-hetero) is 1. The summed E-state index contributed by atoms with van der Waals surface area (Å²) < 4.78 is 35.0. The summed E-state index contributed by atoms with van der Waals surface area (Å²) in [5.41, 5.74) is 4.89. The maximum atomic E-state index is 14.0. The predicted octanol–water partition coefficient (Wildman–Crippen LogP) is 13.0. The van der Waals surface area contributed by atoms with Gasteiger partial charge in [-0.1, -0.05) is 61.8 Å². The van der Waals surface area contributed by atoms with Crippen molar-refractivity contribution in [2.24, 2.45) is 16.8 Å². The van der Waals surface area contributed by atoms with Crippen LogP contribution in [-0.2, 0) is 17.6 Å². The molecule has 2 unspecified atom stereocenters. The Morgan fingerprint density at radius 2 is 0.761 bits per heavy atom. The molecule has 16 nitrogen and oxygen atoms in total. The molecule has 10 aromatic rings. The van der Waals surface area contributed by atoms with E-state index in [4.69, 9.17) is 33.4 Å². The van der Waals surface area contributed by atoms with Crippen molar-refractivity contribution >= 4 is 110 Å². The Balaban J connectivity index is 0.000000155. The molecular formula is C72H67NO15. The molecule has 450 valence electrons. The lowest BCUT2D eigenvalue weighted by Crippen LogP contribution is -2.20. The van der Waals surface area contributed by atoms with Crippen LogP contribution in [0.25, 0.3) is 98.3 Å². The van der Waals surface area contributed by atoms with Crippen molar-refractivity contribution in [3.05, 3.63) is 110 Å². The van der Waals surface area contributed by atoms with Crippen LogP contribution in [0.3, 0.4) is 0 Å². The molecule has 0 bridgehead atoms. The lowest BCUT2D eigenvalue weighted by atomic mass is 9.77. The normalized spacial score (nSPS) is 17.8. The van der Waals surface area contributed by atoms with Crippen molar-refractivity contribution in [3.63, 3.8) is 0 Å². The van der Waals surface area contributed by atoms with Gasteiger partial charge in [-0.3, -0.25) is 29.0 Å². The van der Waals surface area contributed by atoms with E-state index in [0.717, 1.165) is 85.6 Å². The summed E-state index contributed by atoms with van der Waals surface area (Å²) in [6, 6.07) is 5.63. The molecule has 3 saturated carbocycles. The third-order valence-corrected chi connectivity index (χ3v) is 20.4. The number of hydrogen-bond donors (Lipinski definition) is 4. The number of carbonyl (C=O) groups excluding carboxylic acids is 1. The van der Waals surface area contributed by atoms with Gasteiger partial charge in [0.05, 0.1) is 70.1 Å². The van der Waals surface area contributed by atoms with Gasteiger partial charge in [0.15, 0.2) is 44.7 Å². The SMILES string of the molecule is COc1c(O)c2c(=O)cc(OC)c3c4c(OC)cc(=O)c5c(O)c(CC6CCC6)c6c(c(c1C(C(C)=NC1CCC1)C(C)=C6)c23)c54.COc1c(O)c2c(=O)cc(OC)c3c4c(OC)cc(=O)c5c(O)c(CC6CCC6)c6c(c(c1C(C(C)=O)C(C)=C6)c23)c54. The number of allylic oxidation sites excluding steroid dienone is 2. The summed E-state index contributed by atoms with van der Waals surface area (Å²) in [4.78, 5) is 73.8. The Morgan fingerprint density at radius 3 is 1.07 bits per heavy atom. The minimum atomic E-state index is -0.820. The lowest BCUT2D eigenvalue weighted by molar-refractivity contribution is -0.117. The monoisotopic (exact) mass is 1190 g/mol. The van der Waals surface area contributed by atoms with Gasteiger partial charge in [0.1, 0.15) is 40.3 Å². The number of hydrogen-bond acceptors (Lipinski definition) is 16. The zero-order chi connectivity index (χ0) is 62.0. The van der Waals surface area contributed by atoms with Crippen molar-refractivity contribution in [2.75, 3.05) is 42.7 Å². The maximum absolute atomic E-state index is 14.0. The molecule has 0 saturated heterocycles. The van der Waals surface area contributed by atoms with Crippen LogP contribution in [0.4, 0.5) is 0 Å². The molecule has 10 aromatic carbocycles. The topological polar surface area (TPSA) is 234 Å². The predicted molar refractivity (Wildman–Crippen MR) is 345 cm³/mol. The average Bonchev–Trinajstić information content (AvgIpc) is 1.11. The average molecular weight is 1190 g/mol. The van der Waals surface area contributed by atoms with Gasteiger partial charge >= 0.3 is 0 Å². The Morgan fingerprint density at radius 1 is 0.432 bits per heavy atom. The van der Waals surface area contributed by atoms with Crippen LogP contribution >= 0.6 is 0 Å². The van der Waals surface area contributed by atoms with Crippen molar-refractivity contribution in [2.45, 2.75) is 116 Å². The standard InChI is InChI=1S/C38H37NO7.C34H30O8/c1-16-12-20-21(13-18-8-6-9-18)36(42)28-22(40)14-24(44-3)30-31-25(45-4)15-23(41)29-34(31)33(27(20)32(28)30)35(38(46-5)37(29)43)26(16)17(2)39-19-10-7-11-19;1-13-9-16-17(10-15-7-6-8-15)32(38)24-18(36)11-20(40-3)26-27-21(41-4)12-19(37)25-30(27)29(23(16)28(24)26)31(22(13)14(2)35)34(42-5)33(25)39/h12,14-15,18-19,26,42-43H,6-11,13H2,1-5H3;9,11-12,15,22,38-39H,6-8,10H2,1-5H3. The Labute approximate surface area is 504 Å². The van der Waals surface area contributed by atoms with Gasteiger partial charge in [0.2, 0.25) is 0 Å². The van der Waals surface area contributed by atoms with Crippen molar-refractivity contribution in [1.29, 1.82) is 0 Å². The van der Waals surface area contributed by atoms with Crippen LogP contribution in [0.2, 0.25) is 0 Å². The molecule has 3 fully saturated rings. The van der Waals surface area contributed by atoms with Gasteiger partial charge in [-0.05, 0) is 104 Å². The highest BCUT2D eigenvalue weighted by atomic mass is 16.5. The van der Waals surface area contributed by atoms with Crippen LogP contribution in [-0.4, -0.2) is 80.6 Å². The number of ether oxygens (including phenoxy) is 6. The number of ketones is 1. The van der Waals surface area contributed by atoms with Crippen molar-refractivity contribution in [1.82, 2.24) is 0 Å². The molecule has 15 rings (SSSR count). The summed E-state index contributed by atoms with van der Waals surface area (Å²) in [6.07, 6.45) is 14.8. The zero-order valence-corrected chi connectivity index (χ0v) is 50.9. The molecular weight excluding hydrogens is 1120 g/mol. The first-order chi connectivity index (χ1) is 42.3. The van der Waals surface area contributed by atoms with E-state index >= 15 is 0 Å². The minimum Gasteiger partial charge on any atom is -0.507 e. The summed E-state index contributed by atoms with van der Waals surface area (Å²) in [6.45, 7) is 7.39. The number of phenolic OH excluding ortho intramolecular Hbond substituents is 4. The van der Waals surface area contributed by atoms with Crippen LogP contribution < -0.4 is 50.1 Å². The zero-order valence-electron chi connectivity index (χ0n) is 50.9. The van der Waals surface area contributed by atoms with Gasteiger partial charge in [-0.2, -0.15) is 0 Å². The molecule has 16 heteroatoms. The van der Waals surface area contributed by atoms with E-state index in [1.54, 1.807) is 0 Å². The Hall–Kier alpha value is -9.18. The highest BCUT2D eigenvalue weighted by molar-refractivity contribution is 6.41. The number of phenols is 4. The van der Waals surface area contributed by atoms with E-state index in [1.807, 2.05) is 26.8 Å². The summed E-state index contributed by atoms with van der Waals surface area (Å²) in [7, 11) is 8.78. The first-order valence-corrected chi connectivity index (χ1v) is 30.2. The fourth-order valence-electron chi connectivity index (χ4n) is 15.9. The molecule has 0 aliphatic heterocycles. The number of aliphatic imine (C=N–C) groups is 1. The number of fused-ring (bicyclic) bond motifs is 2. The van der Waals surface area contributed by atoms with Crippen molar-refractivity contribution in [3.8, 4) is 57.5 Å². The summed E-state index contributed by atoms with van der Waals surface area (Å²) in [5, 5.41) is 54.6. The Bertz CT molecular complexity index is 5090. The first-order valence-electron chi connectivity index (χ1n) is 30.2.